The maximum absolute atomic E-state index is 3.37. The minimum absolute atomic E-state index is 0.865. The Bertz CT molecular complexity index is 302. The Balaban J connectivity index is 1.92. The average molecular weight is 203 g/mol. The molecule has 1 aromatic rings. The van der Waals surface area contributed by atoms with Crippen LogP contribution < -0.4 is 5.32 Å². The van der Waals surface area contributed by atoms with E-state index in [4.69, 9.17) is 0 Å². The first kappa shape index (κ1) is 10.7. The van der Waals surface area contributed by atoms with Gasteiger partial charge in [-0.1, -0.05) is 37.6 Å². The predicted octanol–water partition coefficient (Wildman–Crippen LogP) is 3.11. The molecule has 1 aromatic carbocycles. The molecule has 1 aliphatic rings. The topological polar surface area (TPSA) is 12.0 Å². The van der Waals surface area contributed by atoms with Crippen LogP contribution in [0.2, 0.25) is 0 Å². The van der Waals surface area contributed by atoms with Crippen LogP contribution in [0.25, 0.3) is 0 Å². The molecule has 0 spiro atoms. The molecule has 1 nitrogen and oxygen atoms in total. The van der Waals surface area contributed by atoms with Gasteiger partial charge in [-0.2, -0.15) is 0 Å². The van der Waals surface area contributed by atoms with E-state index in [1.807, 2.05) is 0 Å². The van der Waals surface area contributed by atoms with Crippen LogP contribution in [0.1, 0.15) is 43.2 Å². The lowest BCUT2D eigenvalue weighted by molar-refractivity contribution is 0.419. The Morgan fingerprint density at radius 2 is 2.20 bits per heavy atom. The Morgan fingerprint density at radius 3 is 2.87 bits per heavy atom. The van der Waals surface area contributed by atoms with Crippen LogP contribution in [0.3, 0.4) is 0 Å². The van der Waals surface area contributed by atoms with E-state index >= 15 is 0 Å². The van der Waals surface area contributed by atoms with Crippen molar-refractivity contribution in [2.24, 2.45) is 0 Å². The highest BCUT2D eigenvalue weighted by Gasteiger charge is 2.19. The fourth-order valence-electron chi connectivity index (χ4n) is 2.15. The van der Waals surface area contributed by atoms with Crippen LogP contribution in [0.15, 0.2) is 24.3 Å². The number of hydrogen-bond donors (Lipinski definition) is 1. The fourth-order valence-corrected chi connectivity index (χ4v) is 2.15. The summed E-state index contributed by atoms with van der Waals surface area (Å²) in [6.07, 6.45) is 5.38. The van der Waals surface area contributed by atoms with Crippen molar-refractivity contribution in [1.29, 1.82) is 0 Å². The third kappa shape index (κ3) is 2.82. The highest BCUT2D eigenvalue weighted by atomic mass is 14.8. The summed E-state index contributed by atoms with van der Waals surface area (Å²) in [5, 5.41) is 3.37. The normalized spacial score (nSPS) is 16.3. The molecular weight excluding hydrogens is 182 g/mol. The molecule has 0 bridgehead atoms. The molecule has 0 aromatic heterocycles. The zero-order valence-corrected chi connectivity index (χ0v) is 9.63. The van der Waals surface area contributed by atoms with Crippen LogP contribution >= 0.6 is 0 Å². The largest absolute Gasteiger partial charge is 0.317 e. The van der Waals surface area contributed by atoms with E-state index in [1.54, 1.807) is 5.56 Å². The molecule has 0 aliphatic heterocycles. The molecule has 1 heteroatoms. The Hall–Kier alpha value is -0.820. The van der Waals surface area contributed by atoms with Gasteiger partial charge in [0.1, 0.15) is 0 Å². The summed E-state index contributed by atoms with van der Waals surface area (Å²) in [5.74, 6) is 0.865. The molecule has 0 atom stereocenters. The lowest BCUT2D eigenvalue weighted by Crippen LogP contribution is -2.16. The second kappa shape index (κ2) is 5.32. The smallest absolute Gasteiger partial charge is 0.000847 e. The highest BCUT2D eigenvalue weighted by Crippen LogP contribution is 2.36. The van der Waals surface area contributed by atoms with Crippen molar-refractivity contribution in [3.05, 3.63) is 35.4 Å². The van der Waals surface area contributed by atoms with Crippen LogP contribution in [-0.2, 0) is 6.42 Å². The molecule has 0 amide bonds. The molecule has 0 heterocycles. The average Bonchev–Trinajstić information content (AvgIpc) is 2.16. The highest BCUT2D eigenvalue weighted by molar-refractivity contribution is 5.27. The summed E-state index contributed by atoms with van der Waals surface area (Å²) in [7, 11) is 0. The number of benzene rings is 1. The van der Waals surface area contributed by atoms with Gasteiger partial charge in [0.05, 0.1) is 0 Å². The molecule has 0 radical (unpaired) electrons. The second-order valence-corrected chi connectivity index (χ2v) is 4.48. The molecule has 0 unspecified atom stereocenters. The van der Waals surface area contributed by atoms with Crippen molar-refractivity contribution < 1.29 is 0 Å². The molecule has 2 rings (SSSR count). The first-order chi connectivity index (χ1) is 7.40. The number of rotatable bonds is 5. The monoisotopic (exact) mass is 203 g/mol. The van der Waals surface area contributed by atoms with Crippen LogP contribution in [0.5, 0.6) is 0 Å². The van der Waals surface area contributed by atoms with Gasteiger partial charge >= 0.3 is 0 Å². The third-order valence-corrected chi connectivity index (χ3v) is 3.37. The van der Waals surface area contributed by atoms with E-state index in [-0.39, 0.29) is 0 Å². The Morgan fingerprint density at radius 1 is 1.33 bits per heavy atom. The maximum Gasteiger partial charge on any atom is -0.000847 e. The standard InChI is InChI=1S/C14H21N/c1-2-15-10-9-12-5-3-8-14(11-12)13-6-4-7-13/h3,5,8,11,13,15H,2,4,6-7,9-10H2,1H3. The minimum atomic E-state index is 0.865. The fraction of sp³-hybridized carbons (Fsp3) is 0.571. The summed E-state index contributed by atoms with van der Waals surface area (Å²) in [6.45, 7) is 4.33. The maximum atomic E-state index is 3.37. The first-order valence-electron chi connectivity index (χ1n) is 6.19. The van der Waals surface area contributed by atoms with E-state index in [9.17, 15) is 0 Å². The van der Waals surface area contributed by atoms with Crippen molar-refractivity contribution in [3.63, 3.8) is 0 Å². The molecule has 1 fully saturated rings. The number of likely N-dealkylation sites (N-methyl/N-ethyl adjacent to an activating group) is 1. The second-order valence-electron chi connectivity index (χ2n) is 4.48. The lowest BCUT2D eigenvalue weighted by atomic mass is 9.79. The molecule has 0 saturated heterocycles. The zero-order valence-electron chi connectivity index (χ0n) is 9.63. The first-order valence-corrected chi connectivity index (χ1v) is 6.19. The predicted molar refractivity (Wildman–Crippen MR) is 65.3 cm³/mol. The van der Waals surface area contributed by atoms with E-state index in [0.717, 1.165) is 25.4 Å². The summed E-state index contributed by atoms with van der Waals surface area (Å²) >= 11 is 0. The van der Waals surface area contributed by atoms with Crippen molar-refractivity contribution in [1.82, 2.24) is 5.32 Å². The van der Waals surface area contributed by atoms with Crippen LogP contribution in [-0.4, -0.2) is 13.1 Å². The summed E-state index contributed by atoms with van der Waals surface area (Å²) in [6, 6.07) is 9.16. The van der Waals surface area contributed by atoms with Crippen molar-refractivity contribution in [3.8, 4) is 0 Å². The van der Waals surface area contributed by atoms with Crippen LogP contribution in [0, 0.1) is 0 Å². The quantitative estimate of drug-likeness (QED) is 0.725. The molecule has 1 aliphatic carbocycles. The van der Waals surface area contributed by atoms with Gasteiger partial charge in [0, 0.05) is 0 Å². The summed E-state index contributed by atoms with van der Waals surface area (Å²) < 4.78 is 0. The van der Waals surface area contributed by atoms with Gasteiger partial charge in [-0.15, -0.1) is 0 Å². The van der Waals surface area contributed by atoms with Gasteiger partial charge in [0.2, 0.25) is 0 Å². The van der Waals surface area contributed by atoms with Crippen molar-refractivity contribution in [2.45, 2.75) is 38.5 Å². The van der Waals surface area contributed by atoms with E-state index in [0.29, 0.717) is 0 Å². The van der Waals surface area contributed by atoms with Gasteiger partial charge in [0.15, 0.2) is 0 Å². The number of nitrogens with one attached hydrogen (secondary N) is 1. The zero-order chi connectivity index (χ0) is 10.5. The molecule has 1 N–H and O–H groups in total. The molecular formula is C14H21N. The molecule has 82 valence electrons. The van der Waals surface area contributed by atoms with Crippen molar-refractivity contribution in [2.75, 3.05) is 13.1 Å². The van der Waals surface area contributed by atoms with E-state index < -0.39 is 0 Å². The van der Waals surface area contributed by atoms with Gasteiger partial charge in [-0.05, 0) is 49.4 Å². The third-order valence-electron chi connectivity index (χ3n) is 3.37. The minimum Gasteiger partial charge on any atom is -0.317 e. The van der Waals surface area contributed by atoms with Crippen LogP contribution in [0.4, 0.5) is 0 Å². The van der Waals surface area contributed by atoms with Gasteiger partial charge in [0.25, 0.3) is 0 Å². The number of hydrogen-bond acceptors (Lipinski definition) is 1. The molecule has 1 saturated carbocycles. The Labute approximate surface area is 92.9 Å². The lowest BCUT2D eigenvalue weighted by Gasteiger charge is -2.26. The molecule has 15 heavy (non-hydrogen) atoms. The Kier molecular flexibility index (Phi) is 3.79. The van der Waals surface area contributed by atoms with Gasteiger partial charge < -0.3 is 5.32 Å². The van der Waals surface area contributed by atoms with Gasteiger partial charge in [-0.3, -0.25) is 0 Å². The van der Waals surface area contributed by atoms with Crippen molar-refractivity contribution >= 4 is 0 Å². The summed E-state index contributed by atoms with van der Waals surface area (Å²) in [5.41, 5.74) is 3.05. The SMILES string of the molecule is CCNCCc1cccc(C2CCC2)c1. The van der Waals surface area contributed by atoms with E-state index in [2.05, 4.69) is 36.5 Å². The van der Waals surface area contributed by atoms with Gasteiger partial charge in [-0.25, -0.2) is 0 Å². The summed E-state index contributed by atoms with van der Waals surface area (Å²) in [4.78, 5) is 0. The van der Waals surface area contributed by atoms with E-state index in [1.165, 1.54) is 24.8 Å².